The van der Waals surface area contributed by atoms with E-state index < -0.39 is 0 Å². The molecule has 2 fully saturated rings. The first-order chi connectivity index (χ1) is 8.92. The van der Waals surface area contributed by atoms with Crippen LogP contribution in [0.5, 0.6) is 0 Å². The number of hydrogen-bond donors (Lipinski definition) is 1. The molecule has 0 bridgehead atoms. The average Bonchev–Trinajstić information content (AvgIpc) is 2.89. The van der Waals surface area contributed by atoms with E-state index >= 15 is 0 Å². The second-order valence-electron chi connectivity index (χ2n) is 4.75. The Kier molecular flexibility index (Phi) is 4.09. The maximum absolute atomic E-state index is 5.36. The highest BCUT2D eigenvalue weighted by Crippen LogP contribution is 2.21. The lowest BCUT2D eigenvalue weighted by atomic mass is 10.3. The van der Waals surface area contributed by atoms with Crippen molar-refractivity contribution in [1.82, 2.24) is 15.2 Å². The third-order valence-corrected chi connectivity index (χ3v) is 4.37. The molecule has 3 rings (SSSR count). The van der Waals surface area contributed by atoms with Gasteiger partial charge in [-0.05, 0) is 0 Å². The van der Waals surface area contributed by atoms with Gasteiger partial charge in [0, 0.05) is 51.2 Å². The van der Waals surface area contributed by atoms with Crippen LogP contribution < -0.4 is 10.2 Å². The molecule has 0 radical (unpaired) electrons. The van der Waals surface area contributed by atoms with Crippen LogP contribution in [0.2, 0.25) is 0 Å². The minimum Gasteiger partial charge on any atom is -0.379 e. The van der Waals surface area contributed by atoms with Crippen molar-refractivity contribution in [2.45, 2.75) is 6.54 Å². The number of piperazine rings is 1. The molecule has 3 heterocycles. The molecule has 2 aliphatic heterocycles. The van der Waals surface area contributed by atoms with E-state index in [4.69, 9.17) is 9.72 Å². The molecule has 0 aromatic carbocycles. The van der Waals surface area contributed by atoms with E-state index in [1.807, 2.05) is 0 Å². The summed E-state index contributed by atoms with van der Waals surface area (Å²) in [4.78, 5) is 9.56. The fourth-order valence-electron chi connectivity index (χ4n) is 2.36. The van der Waals surface area contributed by atoms with Crippen LogP contribution in [0.4, 0.5) is 5.13 Å². The number of anilines is 1. The molecule has 1 aromatic heterocycles. The number of nitrogens with one attached hydrogen (secondary N) is 1. The molecule has 0 saturated carbocycles. The molecule has 2 saturated heterocycles. The topological polar surface area (TPSA) is 40.6 Å². The molecule has 5 nitrogen and oxygen atoms in total. The molecule has 18 heavy (non-hydrogen) atoms. The lowest BCUT2D eigenvalue weighted by molar-refractivity contribution is 0.0337. The Morgan fingerprint density at radius 3 is 2.78 bits per heavy atom. The van der Waals surface area contributed by atoms with Gasteiger partial charge in [0.05, 0.1) is 18.9 Å². The third-order valence-electron chi connectivity index (χ3n) is 3.42. The fraction of sp³-hybridized carbons (Fsp3) is 0.750. The van der Waals surface area contributed by atoms with Gasteiger partial charge < -0.3 is 15.0 Å². The number of thiazole rings is 1. The van der Waals surface area contributed by atoms with Gasteiger partial charge in [-0.3, -0.25) is 4.90 Å². The molecule has 0 spiro atoms. The van der Waals surface area contributed by atoms with E-state index in [2.05, 4.69) is 20.5 Å². The lowest BCUT2D eigenvalue weighted by Crippen LogP contribution is -2.43. The van der Waals surface area contributed by atoms with Crippen LogP contribution in [-0.4, -0.2) is 62.4 Å². The summed E-state index contributed by atoms with van der Waals surface area (Å²) in [5.74, 6) is 0. The van der Waals surface area contributed by atoms with Gasteiger partial charge in [0.25, 0.3) is 0 Å². The lowest BCUT2D eigenvalue weighted by Gasteiger charge is -2.27. The quantitative estimate of drug-likeness (QED) is 0.858. The molecule has 2 aliphatic rings. The van der Waals surface area contributed by atoms with E-state index in [0.717, 1.165) is 59.0 Å². The van der Waals surface area contributed by atoms with Crippen LogP contribution in [0.15, 0.2) is 5.38 Å². The Hall–Kier alpha value is -0.690. The van der Waals surface area contributed by atoms with E-state index in [0.29, 0.717) is 0 Å². The predicted molar refractivity (Wildman–Crippen MR) is 73.3 cm³/mol. The van der Waals surface area contributed by atoms with Crippen molar-refractivity contribution in [3.8, 4) is 0 Å². The number of hydrogen-bond acceptors (Lipinski definition) is 6. The van der Waals surface area contributed by atoms with Gasteiger partial charge in [-0.25, -0.2) is 4.98 Å². The normalized spacial score (nSPS) is 22.3. The zero-order valence-corrected chi connectivity index (χ0v) is 11.4. The highest BCUT2D eigenvalue weighted by atomic mass is 32.1. The smallest absolute Gasteiger partial charge is 0.185 e. The van der Waals surface area contributed by atoms with Gasteiger partial charge in [0.1, 0.15) is 0 Å². The first-order valence-corrected chi connectivity index (χ1v) is 7.50. The van der Waals surface area contributed by atoms with Crippen molar-refractivity contribution in [3.05, 3.63) is 11.1 Å². The predicted octanol–water partition coefficient (Wildman–Crippen LogP) is 0.385. The molecule has 6 heteroatoms. The molecule has 0 unspecified atom stereocenters. The Morgan fingerprint density at radius 1 is 1.22 bits per heavy atom. The standard InChI is InChI=1S/C12H20N4OS/c1-3-16(4-2-13-1)12-14-11(10-18-12)9-15-5-7-17-8-6-15/h10,13H,1-9H2. The zero-order chi connectivity index (χ0) is 12.2. The van der Waals surface area contributed by atoms with Crippen LogP contribution >= 0.6 is 11.3 Å². The van der Waals surface area contributed by atoms with Gasteiger partial charge >= 0.3 is 0 Å². The molecule has 0 amide bonds. The van der Waals surface area contributed by atoms with Crippen LogP contribution in [-0.2, 0) is 11.3 Å². The summed E-state index contributed by atoms with van der Waals surface area (Å²) in [7, 11) is 0. The number of ether oxygens (including phenoxy) is 1. The van der Waals surface area contributed by atoms with Gasteiger partial charge in [0.15, 0.2) is 5.13 Å². The van der Waals surface area contributed by atoms with Gasteiger partial charge in [-0.15, -0.1) is 11.3 Å². The third kappa shape index (κ3) is 3.00. The van der Waals surface area contributed by atoms with Crippen molar-refractivity contribution in [2.24, 2.45) is 0 Å². The summed E-state index contributed by atoms with van der Waals surface area (Å²) >= 11 is 1.77. The van der Waals surface area contributed by atoms with Crippen LogP contribution in [0.1, 0.15) is 5.69 Å². The zero-order valence-electron chi connectivity index (χ0n) is 10.6. The summed E-state index contributed by atoms with van der Waals surface area (Å²) in [5.41, 5.74) is 1.20. The van der Waals surface area contributed by atoms with E-state index in [-0.39, 0.29) is 0 Å². The summed E-state index contributed by atoms with van der Waals surface area (Å²) in [6, 6.07) is 0. The number of aromatic nitrogens is 1. The second kappa shape index (κ2) is 5.97. The van der Waals surface area contributed by atoms with E-state index in [1.165, 1.54) is 10.8 Å². The first-order valence-electron chi connectivity index (χ1n) is 6.62. The van der Waals surface area contributed by atoms with Gasteiger partial charge in [-0.1, -0.05) is 0 Å². The largest absolute Gasteiger partial charge is 0.379 e. The Morgan fingerprint density at radius 2 is 2.00 bits per heavy atom. The summed E-state index contributed by atoms with van der Waals surface area (Å²) < 4.78 is 5.36. The maximum Gasteiger partial charge on any atom is 0.185 e. The van der Waals surface area contributed by atoms with Gasteiger partial charge in [0.2, 0.25) is 0 Å². The van der Waals surface area contributed by atoms with Crippen LogP contribution in [0.3, 0.4) is 0 Å². The SMILES string of the molecule is c1sc(N2CCNCC2)nc1CN1CCOCC1. The van der Waals surface area contributed by atoms with Crippen molar-refractivity contribution < 1.29 is 4.74 Å². The maximum atomic E-state index is 5.36. The van der Waals surface area contributed by atoms with Crippen LogP contribution in [0, 0.1) is 0 Å². The molecule has 100 valence electrons. The van der Waals surface area contributed by atoms with Crippen molar-refractivity contribution >= 4 is 16.5 Å². The molecule has 0 atom stereocenters. The van der Waals surface area contributed by atoms with Crippen molar-refractivity contribution in [2.75, 3.05) is 57.4 Å². The minimum atomic E-state index is 0.856. The summed E-state index contributed by atoms with van der Waals surface area (Å²) in [6.07, 6.45) is 0. The minimum absolute atomic E-state index is 0.856. The molecule has 1 N–H and O–H groups in total. The van der Waals surface area contributed by atoms with E-state index in [1.54, 1.807) is 11.3 Å². The number of rotatable bonds is 3. The number of nitrogens with zero attached hydrogens (tertiary/aromatic N) is 3. The first kappa shape index (κ1) is 12.3. The van der Waals surface area contributed by atoms with Gasteiger partial charge in [-0.2, -0.15) is 0 Å². The fourth-order valence-corrected chi connectivity index (χ4v) is 3.23. The summed E-state index contributed by atoms with van der Waals surface area (Å²) in [6.45, 7) is 9.02. The van der Waals surface area contributed by atoms with Crippen molar-refractivity contribution in [3.63, 3.8) is 0 Å². The molecule has 0 aliphatic carbocycles. The number of morpholine rings is 1. The highest BCUT2D eigenvalue weighted by Gasteiger charge is 2.16. The summed E-state index contributed by atoms with van der Waals surface area (Å²) in [5, 5.41) is 6.75. The molecule has 1 aromatic rings. The Balaban J connectivity index is 1.58. The van der Waals surface area contributed by atoms with Crippen LogP contribution in [0.25, 0.3) is 0 Å². The second-order valence-corrected chi connectivity index (χ2v) is 5.58. The van der Waals surface area contributed by atoms with Crippen molar-refractivity contribution in [1.29, 1.82) is 0 Å². The van der Waals surface area contributed by atoms with E-state index in [9.17, 15) is 0 Å². The highest BCUT2D eigenvalue weighted by molar-refractivity contribution is 7.13. The monoisotopic (exact) mass is 268 g/mol. The Labute approximate surface area is 112 Å². The average molecular weight is 268 g/mol. The molecular weight excluding hydrogens is 248 g/mol. The molecular formula is C12H20N4OS. The Bertz CT molecular complexity index is 372.